The average molecular weight is 359 g/mol. The van der Waals surface area contributed by atoms with Crippen LogP contribution in [0.4, 0.5) is 5.69 Å². The molecule has 7 heteroatoms. The number of hydrogen-bond acceptors (Lipinski definition) is 5. The highest BCUT2D eigenvalue weighted by Crippen LogP contribution is 2.29. The Balaban J connectivity index is 1.58. The molecule has 2 aromatic heterocycles. The topological polar surface area (TPSA) is 82.5 Å². The summed E-state index contributed by atoms with van der Waals surface area (Å²) in [5.41, 5.74) is 1.43. The molecule has 3 heterocycles. The van der Waals surface area contributed by atoms with Crippen LogP contribution in [-0.2, 0) is 4.79 Å². The maximum absolute atomic E-state index is 12.2. The molecule has 1 atom stereocenters. The Kier molecular flexibility index (Phi) is 5.78. The number of carboxylic acids is 1. The lowest BCUT2D eigenvalue weighted by Gasteiger charge is -2.35. The van der Waals surface area contributed by atoms with Gasteiger partial charge in [0.1, 0.15) is 4.88 Å². The van der Waals surface area contributed by atoms with E-state index in [1.165, 1.54) is 6.42 Å². The van der Waals surface area contributed by atoms with Crippen molar-refractivity contribution in [2.24, 2.45) is 0 Å². The van der Waals surface area contributed by atoms with Crippen molar-refractivity contribution < 1.29 is 14.7 Å². The van der Waals surface area contributed by atoms with Gasteiger partial charge in [0.25, 0.3) is 0 Å². The van der Waals surface area contributed by atoms with Crippen molar-refractivity contribution in [3.63, 3.8) is 0 Å². The molecule has 132 valence electrons. The minimum absolute atomic E-state index is 0.161. The first-order chi connectivity index (χ1) is 12.1. The zero-order valence-electron chi connectivity index (χ0n) is 13.9. The van der Waals surface area contributed by atoms with Crippen LogP contribution in [0, 0.1) is 0 Å². The number of likely N-dealkylation sites (tertiary alicyclic amines) is 1. The van der Waals surface area contributed by atoms with E-state index in [1.807, 2.05) is 18.2 Å². The van der Waals surface area contributed by atoms with Crippen LogP contribution >= 0.6 is 11.3 Å². The van der Waals surface area contributed by atoms with E-state index in [0.717, 1.165) is 36.4 Å². The molecule has 0 aliphatic carbocycles. The second-order valence-electron chi connectivity index (χ2n) is 6.07. The molecule has 0 bridgehead atoms. The van der Waals surface area contributed by atoms with E-state index in [4.69, 9.17) is 5.11 Å². The van der Waals surface area contributed by atoms with Crippen LogP contribution in [0.2, 0.25) is 0 Å². The first-order valence-electron chi connectivity index (χ1n) is 8.41. The third-order valence-electron chi connectivity index (χ3n) is 4.40. The number of thiophene rings is 1. The van der Waals surface area contributed by atoms with Crippen molar-refractivity contribution >= 4 is 28.9 Å². The van der Waals surface area contributed by atoms with Gasteiger partial charge in [-0.3, -0.25) is 14.7 Å². The quantitative estimate of drug-likeness (QED) is 0.826. The molecule has 2 aromatic rings. The molecule has 0 spiro atoms. The van der Waals surface area contributed by atoms with Gasteiger partial charge in [-0.1, -0.05) is 12.5 Å². The number of carbonyl (C=O) groups is 2. The van der Waals surface area contributed by atoms with E-state index >= 15 is 0 Å². The number of pyridine rings is 1. The number of rotatable bonds is 6. The summed E-state index contributed by atoms with van der Waals surface area (Å²) in [6, 6.07) is 7.81. The van der Waals surface area contributed by atoms with Gasteiger partial charge in [0.05, 0.1) is 17.4 Å². The largest absolute Gasteiger partial charge is 0.477 e. The fraction of sp³-hybridized carbons (Fsp3) is 0.389. The fourth-order valence-electron chi connectivity index (χ4n) is 3.20. The van der Waals surface area contributed by atoms with Crippen LogP contribution in [0.15, 0.2) is 35.8 Å². The molecule has 1 aliphatic rings. The zero-order chi connectivity index (χ0) is 17.6. The van der Waals surface area contributed by atoms with Crippen molar-refractivity contribution in [1.29, 1.82) is 0 Å². The predicted octanol–water partition coefficient (Wildman–Crippen LogP) is 3.40. The lowest BCUT2D eigenvalue weighted by Crippen LogP contribution is -2.36. The number of aromatic carboxylic acids is 1. The highest BCUT2D eigenvalue weighted by Gasteiger charge is 2.25. The van der Waals surface area contributed by atoms with Crippen LogP contribution in [0.5, 0.6) is 0 Å². The summed E-state index contributed by atoms with van der Waals surface area (Å²) >= 11 is 1.11. The molecule has 6 nitrogen and oxygen atoms in total. The number of aromatic nitrogens is 1. The summed E-state index contributed by atoms with van der Waals surface area (Å²) in [6.45, 7) is 1.59. The Morgan fingerprint density at radius 3 is 2.96 bits per heavy atom. The number of carbonyl (C=O) groups excluding carboxylic acids is 1. The van der Waals surface area contributed by atoms with Gasteiger partial charge < -0.3 is 10.4 Å². The van der Waals surface area contributed by atoms with Gasteiger partial charge >= 0.3 is 5.97 Å². The Bertz CT molecular complexity index is 732. The van der Waals surface area contributed by atoms with Crippen molar-refractivity contribution in [1.82, 2.24) is 9.88 Å². The van der Waals surface area contributed by atoms with Crippen LogP contribution in [0.25, 0.3) is 0 Å². The predicted molar refractivity (Wildman–Crippen MR) is 96.9 cm³/mol. The van der Waals surface area contributed by atoms with Gasteiger partial charge in [0.15, 0.2) is 0 Å². The minimum Gasteiger partial charge on any atom is -0.477 e. The van der Waals surface area contributed by atoms with Gasteiger partial charge in [-0.15, -0.1) is 11.3 Å². The highest BCUT2D eigenvalue weighted by molar-refractivity contribution is 7.12. The second kappa shape index (κ2) is 8.22. The molecular weight excluding hydrogens is 338 g/mol. The Morgan fingerprint density at radius 2 is 2.20 bits per heavy atom. The first kappa shape index (κ1) is 17.6. The lowest BCUT2D eigenvalue weighted by atomic mass is 9.98. The normalized spacial score (nSPS) is 18.0. The third kappa shape index (κ3) is 4.43. The Hall–Kier alpha value is -2.25. The molecule has 1 amide bonds. The van der Waals surface area contributed by atoms with Gasteiger partial charge in [-0.25, -0.2) is 4.79 Å². The maximum atomic E-state index is 12.2. The fourth-order valence-corrected chi connectivity index (χ4v) is 3.88. The zero-order valence-corrected chi connectivity index (χ0v) is 14.7. The molecule has 0 radical (unpaired) electrons. The molecule has 1 fully saturated rings. The molecule has 0 aromatic carbocycles. The Labute approximate surface area is 150 Å². The van der Waals surface area contributed by atoms with E-state index in [1.54, 1.807) is 17.6 Å². The van der Waals surface area contributed by atoms with Crippen LogP contribution in [0.3, 0.4) is 0 Å². The molecule has 0 saturated carbocycles. The van der Waals surface area contributed by atoms with Crippen LogP contribution in [0.1, 0.15) is 47.1 Å². The molecule has 2 N–H and O–H groups in total. The standard InChI is InChI=1S/C18H21N3O3S/c22-16(20-14-8-12-25-17(14)18(23)24)7-11-21-10-4-2-6-15(21)13-5-1-3-9-19-13/h1,3,5,8-9,12,15H,2,4,6-7,10-11H2,(H,20,22)(H,23,24). The number of nitrogens with one attached hydrogen (secondary N) is 1. The number of nitrogens with zero attached hydrogens (tertiary/aromatic N) is 2. The molecular formula is C18H21N3O3S. The monoisotopic (exact) mass is 359 g/mol. The molecule has 1 saturated heterocycles. The summed E-state index contributed by atoms with van der Waals surface area (Å²) in [4.78, 5) is 30.3. The Morgan fingerprint density at radius 1 is 1.32 bits per heavy atom. The van der Waals surface area contributed by atoms with E-state index < -0.39 is 5.97 Å². The van der Waals surface area contributed by atoms with Gasteiger partial charge in [0.2, 0.25) is 5.91 Å². The second-order valence-corrected chi connectivity index (χ2v) is 6.98. The smallest absolute Gasteiger partial charge is 0.348 e. The molecule has 1 aliphatic heterocycles. The number of carboxylic acid groups (broad SMARTS) is 1. The van der Waals surface area contributed by atoms with Gasteiger partial charge in [-0.2, -0.15) is 0 Å². The molecule has 3 rings (SSSR count). The van der Waals surface area contributed by atoms with Crippen LogP contribution in [-0.4, -0.2) is 40.0 Å². The number of amides is 1. The minimum atomic E-state index is -1.02. The van der Waals surface area contributed by atoms with Gasteiger partial charge in [-0.05, 0) is 43.0 Å². The third-order valence-corrected chi connectivity index (χ3v) is 5.30. The van der Waals surface area contributed by atoms with Crippen molar-refractivity contribution in [3.8, 4) is 0 Å². The van der Waals surface area contributed by atoms with Crippen LogP contribution < -0.4 is 5.32 Å². The summed E-state index contributed by atoms with van der Waals surface area (Å²) < 4.78 is 0. The highest BCUT2D eigenvalue weighted by atomic mass is 32.1. The number of hydrogen-bond donors (Lipinski definition) is 2. The lowest BCUT2D eigenvalue weighted by molar-refractivity contribution is -0.116. The first-order valence-corrected chi connectivity index (χ1v) is 9.28. The van der Waals surface area contributed by atoms with Gasteiger partial charge in [0, 0.05) is 19.2 Å². The average Bonchev–Trinajstić information content (AvgIpc) is 3.09. The summed E-state index contributed by atoms with van der Waals surface area (Å²) in [5, 5.41) is 13.5. The maximum Gasteiger partial charge on any atom is 0.348 e. The summed E-state index contributed by atoms with van der Waals surface area (Å²) in [7, 11) is 0. The van der Waals surface area contributed by atoms with Crippen molar-refractivity contribution in [3.05, 3.63) is 46.4 Å². The van der Waals surface area contributed by atoms with E-state index in [2.05, 4.69) is 15.2 Å². The van der Waals surface area contributed by atoms with Crippen molar-refractivity contribution in [2.75, 3.05) is 18.4 Å². The van der Waals surface area contributed by atoms with E-state index in [9.17, 15) is 9.59 Å². The van der Waals surface area contributed by atoms with E-state index in [0.29, 0.717) is 18.7 Å². The van der Waals surface area contributed by atoms with E-state index in [-0.39, 0.29) is 16.8 Å². The molecule has 25 heavy (non-hydrogen) atoms. The SMILES string of the molecule is O=C(CCN1CCCCC1c1ccccn1)Nc1ccsc1C(=O)O. The number of piperidine rings is 1. The molecule has 1 unspecified atom stereocenters. The number of anilines is 1. The van der Waals surface area contributed by atoms with Crippen molar-refractivity contribution in [2.45, 2.75) is 31.7 Å². The summed E-state index contributed by atoms with van der Waals surface area (Å²) in [6.07, 6.45) is 5.48. The summed E-state index contributed by atoms with van der Waals surface area (Å²) in [5.74, 6) is -1.18.